The van der Waals surface area contributed by atoms with Gasteiger partial charge in [-0.2, -0.15) is 0 Å². The van der Waals surface area contributed by atoms with Gasteiger partial charge in [0.15, 0.2) is 6.61 Å². The van der Waals surface area contributed by atoms with Crippen LogP contribution in [0.3, 0.4) is 0 Å². The summed E-state index contributed by atoms with van der Waals surface area (Å²) in [7, 11) is 0. The quantitative estimate of drug-likeness (QED) is 0.637. The molecule has 0 spiro atoms. The number of thiazole rings is 1. The zero-order chi connectivity index (χ0) is 22.5. The molecule has 1 aromatic heterocycles. The molecule has 32 heavy (non-hydrogen) atoms. The second kappa shape index (κ2) is 10.3. The van der Waals surface area contributed by atoms with E-state index in [4.69, 9.17) is 14.5 Å². The Labute approximate surface area is 191 Å². The Morgan fingerprint density at radius 3 is 2.50 bits per heavy atom. The average molecular weight is 460 g/mol. The lowest BCUT2D eigenvalue weighted by Gasteiger charge is -2.34. The first-order valence-corrected chi connectivity index (χ1v) is 12.1. The lowest BCUT2D eigenvalue weighted by Crippen LogP contribution is -2.51. The van der Waals surface area contributed by atoms with E-state index in [-0.39, 0.29) is 36.4 Å². The molecule has 1 aliphatic heterocycles. The van der Waals surface area contributed by atoms with Crippen molar-refractivity contribution in [3.05, 3.63) is 29.3 Å². The van der Waals surface area contributed by atoms with Gasteiger partial charge in [0.25, 0.3) is 5.91 Å². The van der Waals surface area contributed by atoms with E-state index in [2.05, 4.69) is 0 Å². The van der Waals surface area contributed by atoms with Crippen molar-refractivity contribution >= 4 is 39.5 Å². The van der Waals surface area contributed by atoms with Crippen molar-refractivity contribution in [3.63, 3.8) is 0 Å². The summed E-state index contributed by atoms with van der Waals surface area (Å²) in [5.74, 6) is -0.767. The van der Waals surface area contributed by atoms with Crippen LogP contribution in [0.5, 0.6) is 0 Å². The van der Waals surface area contributed by atoms with Gasteiger partial charge < -0.3 is 19.3 Å². The minimum atomic E-state index is -0.357. The Bertz CT molecular complexity index is 936. The lowest BCUT2D eigenvalue weighted by atomic mass is 9.79. The summed E-state index contributed by atoms with van der Waals surface area (Å²) in [5.41, 5.74) is 0.960. The van der Waals surface area contributed by atoms with E-state index >= 15 is 0 Å². The molecule has 1 saturated carbocycles. The molecule has 2 fully saturated rings. The number of aromatic nitrogens is 1. The SMILES string of the molecule is CCOC(=O)N1CCN(C(=O)COC(=O)C2CCCCC2c2nc3ccccc3s2)CC1. The number of benzene rings is 1. The van der Waals surface area contributed by atoms with Crippen LogP contribution in [-0.4, -0.2) is 72.1 Å². The smallest absolute Gasteiger partial charge is 0.409 e. The second-order valence-corrected chi connectivity index (χ2v) is 9.25. The van der Waals surface area contributed by atoms with Gasteiger partial charge in [0.1, 0.15) is 0 Å². The number of amides is 2. The number of para-hydroxylation sites is 1. The molecule has 172 valence electrons. The summed E-state index contributed by atoms with van der Waals surface area (Å²) in [5, 5.41) is 0.981. The molecule has 9 heteroatoms. The van der Waals surface area contributed by atoms with Crippen molar-refractivity contribution in [2.45, 2.75) is 38.5 Å². The Balaban J connectivity index is 1.31. The van der Waals surface area contributed by atoms with E-state index in [1.807, 2.05) is 24.3 Å². The van der Waals surface area contributed by atoms with Crippen LogP contribution in [0.2, 0.25) is 0 Å². The number of fused-ring (bicyclic) bond motifs is 1. The van der Waals surface area contributed by atoms with Crippen molar-refractivity contribution in [2.24, 2.45) is 5.92 Å². The molecule has 4 rings (SSSR count). The summed E-state index contributed by atoms with van der Waals surface area (Å²) in [6.07, 6.45) is 3.35. The number of carbonyl (C=O) groups excluding carboxylic acids is 3. The number of esters is 1. The maximum absolute atomic E-state index is 12.9. The van der Waals surface area contributed by atoms with Crippen molar-refractivity contribution < 1.29 is 23.9 Å². The second-order valence-electron chi connectivity index (χ2n) is 8.19. The van der Waals surface area contributed by atoms with E-state index in [9.17, 15) is 14.4 Å². The van der Waals surface area contributed by atoms with Crippen LogP contribution >= 0.6 is 11.3 Å². The van der Waals surface area contributed by atoms with Crippen molar-refractivity contribution in [1.29, 1.82) is 0 Å². The van der Waals surface area contributed by atoms with E-state index in [1.54, 1.807) is 28.1 Å². The normalized spacial score (nSPS) is 21.4. The molecule has 1 saturated heterocycles. The summed E-state index contributed by atoms with van der Waals surface area (Å²) < 4.78 is 11.6. The van der Waals surface area contributed by atoms with Gasteiger partial charge in [-0.1, -0.05) is 25.0 Å². The molecule has 8 nitrogen and oxygen atoms in total. The average Bonchev–Trinajstić information content (AvgIpc) is 3.27. The number of nitrogens with zero attached hydrogens (tertiary/aromatic N) is 3. The molecular weight excluding hydrogens is 430 g/mol. The van der Waals surface area contributed by atoms with Crippen LogP contribution in [0, 0.1) is 5.92 Å². The highest BCUT2D eigenvalue weighted by Crippen LogP contribution is 2.41. The van der Waals surface area contributed by atoms with Crippen molar-refractivity contribution in [2.75, 3.05) is 39.4 Å². The standard InChI is InChI=1S/C23H29N3O5S/c1-2-30-23(29)26-13-11-25(12-14-26)20(27)15-31-22(28)17-8-4-3-7-16(17)21-24-18-9-5-6-10-19(18)32-21/h5-6,9-10,16-17H,2-4,7-8,11-15H2,1H3. The van der Waals surface area contributed by atoms with E-state index in [1.165, 1.54) is 0 Å². The van der Waals surface area contributed by atoms with Crippen LogP contribution < -0.4 is 0 Å². The highest BCUT2D eigenvalue weighted by molar-refractivity contribution is 7.18. The number of carbonyl (C=O) groups is 3. The Morgan fingerprint density at radius 2 is 1.75 bits per heavy atom. The number of hydrogen-bond acceptors (Lipinski definition) is 7. The predicted molar refractivity (Wildman–Crippen MR) is 120 cm³/mol. The summed E-state index contributed by atoms with van der Waals surface area (Å²) in [6, 6.07) is 8.00. The fraction of sp³-hybridized carbons (Fsp3) is 0.565. The largest absolute Gasteiger partial charge is 0.455 e. The molecule has 2 amide bonds. The molecule has 1 aliphatic carbocycles. The molecule has 2 unspecified atom stereocenters. The maximum atomic E-state index is 12.9. The number of ether oxygens (including phenoxy) is 2. The molecule has 0 bridgehead atoms. The van der Waals surface area contributed by atoms with Gasteiger partial charge in [0.05, 0.1) is 27.7 Å². The van der Waals surface area contributed by atoms with Gasteiger partial charge in [-0.15, -0.1) is 11.3 Å². The minimum Gasteiger partial charge on any atom is -0.455 e. The van der Waals surface area contributed by atoms with Gasteiger partial charge in [-0.25, -0.2) is 9.78 Å². The number of hydrogen-bond donors (Lipinski definition) is 0. The molecule has 0 N–H and O–H groups in total. The van der Waals surface area contributed by atoms with E-state index in [0.29, 0.717) is 32.8 Å². The van der Waals surface area contributed by atoms with Crippen LogP contribution in [0.4, 0.5) is 4.79 Å². The van der Waals surface area contributed by atoms with Crippen LogP contribution in [-0.2, 0) is 19.1 Å². The van der Waals surface area contributed by atoms with E-state index in [0.717, 1.165) is 40.9 Å². The van der Waals surface area contributed by atoms with Crippen molar-refractivity contribution in [3.8, 4) is 0 Å². The molecule has 1 aromatic carbocycles. The predicted octanol–water partition coefficient (Wildman–Crippen LogP) is 3.41. The maximum Gasteiger partial charge on any atom is 0.409 e. The molecule has 2 atom stereocenters. The molecular formula is C23H29N3O5S. The summed E-state index contributed by atoms with van der Waals surface area (Å²) >= 11 is 1.64. The number of rotatable bonds is 5. The Morgan fingerprint density at radius 1 is 1.03 bits per heavy atom. The van der Waals surface area contributed by atoms with Crippen molar-refractivity contribution in [1.82, 2.24) is 14.8 Å². The fourth-order valence-electron chi connectivity index (χ4n) is 4.44. The zero-order valence-electron chi connectivity index (χ0n) is 18.3. The number of piperazine rings is 1. The highest BCUT2D eigenvalue weighted by Gasteiger charge is 2.36. The highest BCUT2D eigenvalue weighted by atomic mass is 32.1. The third kappa shape index (κ3) is 5.03. The van der Waals surface area contributed by atoms with Gasteiger partial charge in [-0.3, -0.25) is 9.59 Å². The van der Waals surface area contributed by atoms with Gasteiger partial charge >= 0.3 is 12.1 Å². The van der Waals surface area contributed by atoms with Crippen LogP contribution in [0.15, 0.2) is 24.3 Å². The molecule has 0 radical (unpaired) electrons. The first-order valence-electron chi connectivity index (χ1n) is 11.3. The fourth-order valence-corrected chi connectivity index (χ4v) is 5.61. The van der Waals surface area contributed by atoms with Gasteiger partial charge in [-0.05, 0) is 31.9 Å². The zero-order valence-corrected chi connectivity index (χ0v) is 19.1. The monoisotopic (exact) mass is 459 g/mol. The van der Waals surface area contributed by atoms with E-state index < -0.39 is 0 Å². The lowest BCUT2D eigenvalue weighted by molar-refractivity contribution is -0.157. The molecule has 2 aromatic rings. The van der Waals surface area contributed by atoms with Crippen LogP contribution in [0.1, 0.15) is 43.5 Å². The van der Waals surface area contributed by atoms with Gasteiger partial charge in [0, 0.05) is 32.1 Å². The van der Waals surface area contributed by atoms with Gasteiger partial charge in [0.2, 0.25) is 0 Å². The first kappa shape index (κ1) is 22.5. The third-order valence-electron chi connectivity index (χ3n) is 6.19. The molecule has 2 aliphatic rings. The first-order chi connectivity index (χ1) is 15.6. The summed E-state index contributed by atoms with van der Waals surface area (Å²) in [4.78, 5) is 45.3. The minimum absolute atomic E-state index is 0.0388. The Hall–Kier alpha value is -2.68. The molecule has 2 heterocycles. The Kier molecular flexibility index (Phi) is 7.24. The third-order valence-corrected chi connectivity index (χ3v) is 7.36. The topological polar surface area (TPSA) is 89.0 Å². The summed E-state index contributed by atoms with van der Waals surface area (Å²) in [6.45, 7) is 3.48. The van der Waals surface area contributed by atoms with Crippen LogP contribution in [0.25, 0.3) is 10.2 Å².